The molecule has 1 aromatic carbocycles. The number of hydrogen-bond acceptors (Lipinski definition) is 3. The predicted octanol–water partition coefficient (Wildman–Crippen LogP) is 1.70. The maximum Gasteiger partial charge on any atom is 0.157 e. The first-order chi connectivity index (χ1) is 7.34. The first kappa shape index (κ1) is 10.6. The summed E-state index contributed by atoms with van der Waals surface area (Å²) >= 11 is 0. The lowest BCUT2D eigenvalue weighted by molar-refractivity contribution is -0.165. The molecule has 1 aliphatic heterocycles. The zero-order valence-corrected chi connectivity index (χ0v) is 8.63. The molecule has 1 N–H and O–H groups in total. The highest BCUT2D eigenvalue weighted by molar-refractivity contribution is 5.13. The van der Waals surface area contributed by atoms with Gasteiger partial charge in [0.05, 0.1) is 19.3 Å². The standard InChI is InChI=1S/C12H16O3/c13-12-8-11(6-7-14-12)15-9-10-4-2-1-3-5-10/h1-5,11-13H,6-9H2. The molecule has 3 heteroatoms. The van der Waals surface area contributed by atoms with Crippen molar-refractivity contribution in [3.05, 3.63) is 35.9 Å². The predicted molar refractivity (Wildman–Crippen MR) is 56.2 cm³/mol. The average Bonchev–Trinajstić information content (AvgIpc) is 2.28. The van der Waals surface area contributed by atoms with E-state index in [0.717, 1.165) is 6.42 Å². The summed E-state index contributed by atoms with van der Waals surface area (Å²) in [6.45, 7) is 1.19. The van der Waals surface area contributed by atoms with Gasteiger partial charge in [0.2, 0.25) is 0 Å². The van der Waals surface area contributed by atoms with Crippen molar-refractivity contribution >= 4 is 0 Å². The van der Waals surface area contributed by atoms with E-state index >= 15 is 0 Å². The van der Waals surface area contributed by atoms with Crippen molar-refractivity contribution in [3.8, 4) is 0 Å². The van der Waals surface area contributed by atoms with Crippen LogP contribution in [0.3, 0.4) is 0 Å². The minimum Gasteiger partial charge on any atom is -0.373 e. The summed E-state index contributed by atoms with van der Waals surface area (Å²) < 4.78 is 10.7. The summed E-state index contributed by atoms with van der Waals surface area (Å²) in [6, 6.07) is 10.1. The minimum atomic E-state index is -0.653. The van der Waals surface area contributed by atoms with Gasteiger partial charge in [0, 0.05) is 6.42 Å². The van der Waals surface area contributed by atoms with Crippen molar-refractivity contribution in [3.63, 3.8) is 0 Å². The molecule has 1 saturated heterocycles. The van der Waals surface area contributed by atoms with Crippen molar-refractivity contribution < 1.29 is 14.6 Å². The van der Waals surface area contributed by atoms with Gasteiger partial charge in [-0.3, -0.25) is 0 Å². The molecule has 0 bridgehead atoms. The van der Waals surface area contributed by atoms with Crippen molar-refractivity contribution in [2.75, 3.05) is 6.61 Å². The summed E-state index contributed by atoms with van der Waals surface area (Å²) in [4.78, 5) is 0. The first-order valence-corrected chi connectivity index (χ1v) is 5.30. The molecule has 82 valence electrons. The van der Waals surface area contributed by atoms with Crippen LogP contribution in [-0.2, 0) is 16.1 Å². The van der Waals surface area contributed by atoms with Gasteiger partial charge in [0.25, 0.3) is 0 Å². The van der Waals surface area contributed by atoms with E-state index in [1.165, 1.54) is 5.56 Å². The third-order valence-corrected chi connectivity index (χ3v) is 2.54. The van der Waals surface area contributed by atoms with E-state index in [1.54, 1.807) is 0 Å². The van der Waals surface area contributed by atoms with Crippen molar-refractivity contribution in [1.82, 2.24) is 0 Å². The monoisotopic (exact) mass is 208 g/mol. The van der Waals surface area contributed by atoms with Gasteiger partial charge in [-0.25, -0.2) is 0 Å². The molecule has 0 saturated carbocycles. The Kier molecular flexibility index (Phi) is 3.72. The largest absolute Gasteiger partial charge is 0.373 e. The second-order valence-corrected chi connectivity index (χ2v) is 3.77. The number of aliphatic hydroxyl groups is 1. The van der Waals surface area contributed by atoms with E-state index in [0.29, 0.717) is 19.6 Å². The van der Waals surface area contributed by atoms with Gasteiger partial charge in [-0.2, -0.15) is 0 Å². The Hall–Kier alpha value is -0.900. The van der Waals surface area contributed by atoms with Gasteiger partial charge in [-0.15, -0.1) is 0 Å². The quantitative estimate of drug-likeness (QED) is 0.821. The highest BCUT2D eigenvalue weighted by atomic mass is 16.6. The molecule has 1 heterocycles. The molecule has 0 amide bonds. The first-order valence-electron chi connectivity index (χ1n) is 5.30. The number of benzene rings is 1. The topological polar surface area (TPSA) is 38.7 Å². The van der Waals surface area contributed by atoms with Crippen LogP contribution in [0.5, 0.6) is 0 Å². The molecule has 1 fully saturated rings. The normalized spacial score (nSPS) is 26.5. The van der Waals surface area contributed by atoms with Crippen LogP contribution < -0.4 is 0 Å². The molecular formula is C12H16O3. The molecule has 15 heavy (non-hydrogen) atoms. The van der Waals surface area contributed by atoms with Crippen LogP contribution in [0, 0.1) is 0 Å². The van der Waals surface area contributed by atoms with Crippen LogP contribution in [0.4, 0.5) is 0 Å². The fourth-order valence-electron chi connectivity index (χ4n) is 1.69. The number of hydrogen-bond donors (Lipinski definition) is 1. The zero-order valence-electron chi connectivity index (χ0n) is 8.63. The number of ether oxygens (including phenoxy) is 2. The second kappa shape index (κ2) is 5.26. The van der Waals surface area contributed by atoms with E-state index in [9.17, 15) is 5.11 Å². The van der Waals surface area contributed by atoms with Gasteiger partial charge in [-0.1, -0.05) is 30.3 Å². The highest BCUT2D eigenvalue weighted by Crippen LogP contribution is 2.16. The van der Waals surface area contributed by atoms with Gasteiger partial charge in [0.1, 0.15) is 0 Å². The molecule has 0 spiro atoms. The van der Waals surface area contributed by atoms with Crippen LogP contribution >= 0.6 is 0 Å². The summed E-state index contributed by atoms with van der Waals surface area (Å²) in [6.07, 6.45) is 0.907. The van der Waals surface area contributed by atoms with Gasteiger partial charge < -0.3 is 14.6 Å². The Labute approximate surface area is 89.6 Å². The fourth-order valence-corrected chi connectivity index (χ4v) is 1.69. The van der Waals surface area contributed by atoms with Gasteiger partial charge in [0.15, 0.2) is 6.29 Å². The lowest BCUT2D eigenvalue weighted by Crippen LogP contribution is -2.30. The molecule has 0 aliphatic carbocycles. The number of aliphatic hydroxyl groups excluding tert-OH is 1. The van der Waals surface area contributed by atoms with E-state index in [4.69, 9.17) is 9.47 Å². The molecule has 3 nitrogen and oxygen atoms in total. The maximum absolute atomic E-state index is 9.27. The van der Waals surface area contributed by atoms with E-state index in [-0.39, 0.29) is 6.10 Å². The van der Waals surface area contributed by atoms with E-state index in [2.05, 4.69) is 0 Å². The van der Waals surface area contributed by atoms with Crippen molar-refractivity contribution in [1.29, 1.82) is 0 Å². The van der Waals surface area contributed by atoms with Crippen LogP contribution in [-0.4, -0.2) is 24.1 Å². The summed E-state index contributed by atoms with van der Waals surface area (Å²) in [5.41, 5.74) is 1.17. The molecule has 2 rings (SSSR count). The average molecular weight is 208 g/mol. The van der Waals surface area contributed by atoms with Crippen LogP contribution in [0.15, 0.2) is 30.3 Å². The lowest BCUT2D eigenvalue weighted by Gasteiger charge is -2.26. The Morgan fingerprint density at radius 2 is 2.13 bits per heavy atom. The Bertz CT molecular complexity index is 286. The van der Waals surface area contributed by atoms with Crippen molar-refractivity contribution in [2.24, 2.45) is 0 Å². The minimum absolute atomic E-state index is 0.119. The lowest BCUT2D eigenvalue weighted by atomic mass is 10.1. The molecular weight excluding hydrogens is 192 g/mol. The summed E-state index contributed by atoms with van der Waals surface area (Å²) in [5.74, 6) is 0. The molecule has 1 aromatic rings. The third kappa shape index (κ3) is 3.30. The highest BCUT2D eigenvalue weighted by Gasteiger charge is 2.20. The van der Waals surface area contributed by atoms with Crippen LogP contribution in [0.2, 0.25) is 0 Å². The second-order valence-electron chi connectivity index (χ2n) is 3.77. The molecule has 0 aromatic heterocycles. The Morgan fingerprint density at radius 1 is 1.33 bits per heavy atom. The van der Waals surface area contributed by atoms with Crippen molar-refractivity contribution in [2.45, 2.75) is 31.8 Å². The van der Waals surface area contributed by atoms with Gasteiger partial charge >= 0.3 is 0 Å². The molecule has 0 radical (unpaired) electrons. The van der Waals surface area contributed by atoms with Crippen LogP contribution in [0.1, 0.15) is 18.4 Å². The zero-order chi connectivity index (χ0) is 10.5. The van der Waals surface area contributed by atoms with Gasteiger partial charge in [-0.05, 0) is 12.0 Å². The smallest absolute Gasteiger partial charge is 0.157 e. The SMILES string of the molecule is OC1CC(OCc2ccccc2)CCO1. The number of rotatable bonds is 3. The molecule has 1 aliphatic rings. The van der Waals surface area contributed by atoms with E-state index in [1.807, 2.05) is 30.3 Å². The maximum atomic E-state index is 9.27. The summed E-state index contributed by atoms with van der Waals surface area (Å²) in [7, 11) is 0. The van der Waals surface area contributed by atoms with E-state index < -0.39 is 6.29 Å². The van der Waals surface area contributed by atoms with Crippen LogP contribution in [0.25, 0.3) is 0 Å². The molecule has 2 unspecified atom stereocenters. The summed E-state index contributed by atoms with van der Waals surface area (Å²) in [5, 5.41) is 9.27. The third-order valence-electron chi connectivity index (χ3n) is 2.54. The Balaban J connectivity index is 1.78. The molecule has 2 atom stereocenters. The fraction of sp³-hybridized carbons (Fsp3) is 0.500. The Morgan fingerprint density at radius 3 is 2.87 bits per heavy atom.